The highest BCUT2D eigenvalue weighted by atomic mass is 16.2. The largest absolute Gasteiger partial charge is 0.370 e. The second kappa shape index (κ2) is 6.33. The lowest BCUT2D eigenvalue weighted by Gasteiger charge is -2.22. The van der Waals surface area contributed by atoms with Crippen LogP contribution in [0.25, 0.3) is 11.0 Å². The van der Waals surface area contributed by atoms with Gasteiger partial charge in [0.15, 0.2) is 0 Å². The number of aryl methyl sites for hydroxylation is 2. The first-order valence-corrected chi connectivity index (χ1v) is 8.72. The second-order valence-electron chi connectivity index (χ2n) is 6.65. The van der Waals surface area contributed by atoms with Crippen LogP contribution in [0.4, 0.5) is 11.4 Å². The van der Waals surface area contributed by atoms with E-state index >= 15 is 0 Å². The Morgan fingerprint density at radius 1 is 1.12 bits per heavy atom. The van der Waals surface area contributed by atoms with Gasteiger partial charge in [-0.3, -0.25) is 18.9 Å². The molecule has 1 fully saturated rings. The maximum absolute atomic E-state index is 12.6. The maximum atomic E-state index is 12.6. The molecule has 134 valence electrons. The number of amides is 1. The molecule has 1 amide bonds. The molecule has 3 aromatic rings. The molecule has 0 radical (unpaired) electrons. The number of hydrogen-bond donors (Lipinski definition) is 1. The number of carbonyl (C=O) groups is 1. The van der Waals surface area contributed by atoms with Crippen LogP contribution >= 0.6 is 0 Å². The van der Waals surface area contributed by atoms with Gasteiger partial charge in [-0.2, -0.15) is 0 Å². The minimum atomic E-state index is -0.209. The number of imidazole rings is 1. The van der Waals surface area contributed by atoms with E-state index in [1.165, 1.54) is 0 Å². The Labute approximate surface area is 150 Å². The van der Waals surface area contributed by atoms with Crippen molar-refractivity contribution in [3.63, 3.8) is 0 Å². The number of pyridine rings is 1. The number of rotatable bonds is 3. The quantitative estimate of drug-likeness (QED) is 0.785. The van der Waals surface area contributed by atoms with Crippen LogP contribution in [0.2, 0.25) is 0 Å². The molecule has 7 heteroatoms. The van der Waals surface area contributed by atoms with E-state index in [4.69, 9.17) is 0 Å². The van der Waals surface area contributed by atoms with Gasteiger partial charge < -0.3 is 10.2 Å². The van der Waals surface area contributed by atoms with Gasteiger partial charge >= 0.3 is 5.69 Å². The summed E-state index contributed by atoms with van der Waals surface area (Å²) < 4.78 is 3.24. The molecule has 0 aliphatic carbocycles. The first-order valence-electron chi connectivity index (χ1n) is 8.72. The molecule has 7 nitrogen and oxygen atoms in total. The number of fused-ring (bicyclic) bond motifs is 1. The lowest BCUT2D eigenvalue weighted by atomic mass is 10.2. The Balaban J connectivity index is 1.83. The molecule has 1 saturated heterocycles. The molecule has 0 unspecified atom stereocenters. The van der Waals surface area contributed by atoms with Crippen LogP contribution in [0.1, 0.15) is 23.2 Å². The topological polar surface area (TPSA) is 72.2 Å². The number of benzene rings is 1. The highest BCUT2D eigenvalue weighted by molar-refractivity contribution is 6.07. The van der Waals surface area contributed by atoms with Gasteiger partial charge in [0.05, 0.1) is 28.0 Å². The molecule has 1 aliphatic heterocycles. The standard InChI is InChI=1S/C19H21N5O2/c1-22-16-10-14(21-18(25)13-6-5-7-20-12-13)15(24-8-3-4-9-24)11-17(16)23(2)19(22)26/h5-7,10-12H,3-4,8-9H2,1-2H3,(H,21,25). The predicted octanol–water partition coefficient (Wildman–Crippen LogP) is 2.12. The Morgan fingerprint density at radius 2 is 1.81 bits per heavy atom. The van der Waals surface area contributed by atoms with E-state index in [-0.39, 0.29) is 11.6 Å². The molecular formula is C19H21N5O2. The van der Waals surface area contributed by atoms with Gasteiger partial charge in [-0.15, -0.1) is 0 Å². The lowest BCUT2D eigenvalue weighted by molar-refractivity contribution is 0.102. The number of nitrogens with one attached hydrogen (secondary N) is 1. The van der Waals surface area contributed by atoms with Crippen LogP contribution in [-0.4, -0.2) is 33.1 Å². The average molecular weight is 351 g/mol. The van der Waals surface area contributed by atoms with Gasteiger partial charge in [0.1, 0.15) is 0 Å². The van der Waals surface area contributed by atoms with Crippen LogP contribution in [0.5, 0.6) is 0 Å². The fraction of sp³-hybridized carbons (Fsp3) is 0.316. The second-order valence-corrected chi connectivity index (χ2v) is 6.65. The summed E-state index contributed by atoms with van der Waals surface area (Å²) >= 11 is 0. The summed E-state index contributed by atoms with van der Waals surface area (Å²) in [5, 5.41) is 3.01. The zero-order chi connectivity index (χ0) is 18.3. The highest BCUT2D eigenvalue weighted by Gasteiger charge is 2.21. The molecule has 26 heavy (non-hydrogen) atoms. The van der Waals surface area contributed by atoms with Gasteiger partial charge in [0, 0.05) is 39.6 Å². The molecule has 2 aromatic heterocycles. The Bertz CT molecular complexity index is 1030. The van der Waals surface area contributed by atoms with E-state index in [0.717, 1.165) is 48.3 Å². The minimum absolute atomic E-state index is 0.0805. The summed E-state index contributed by atoms with van der Waals surface area (Å²) in [7, 11) is 3.51. The highest BCUT2D eigenvalue weighted by Crippen LogP contribution is 2.33. The third kappa shape index (κ3) is 2.65. The molecule has 0 atom stereocenters. The SMILES string of the molecule is Cn1c(=O)n(C)c2cc(N3CCCC3)c(NC(=O)c3cccnc3)cc21. The average Bonchev–Trinajstić information content (AvgIpc) is 3.27. The molecule has 0 bridgehead atoms. The molecule has 1 N–H and O–H groups in total. The van der Waals surface area contributed by atoms with E-state index in [2.05, 4.69) is 15.2 Å². The summed E-state index contributed by atoms with van der Waals surface area (Å²) in [5.41, 5.74) is 3.74. The zero-order valence-corrected chi connectivity index (χ0v) is 14.9. The summed E-state index contributed by atoms with van der Waals surface area (Å²) in [6, 6.07) is 7.36. The van der Waals surface area contributed by atoms with E-state index in [1.807, 2.05) is 12.1 Å². The molecule has 0 saturated carbocycles. The van der Waals surface area contributed by atoms with E-state index in [1.54, 1.807) is 47.8 Å². The number of carbonyl (C=O) groups excluding carboxylic acids is 1. The molecule has 1 aromatic carbocycles. The number of hydrogen-bond acceptors (Lipinski definition) is 4. The van der Waals surface area contributed by atoms with Crippen molar-refractivity contribution in [1.82, 2.24) is 14.1 Å². The van der Waals surface area contributed by atoms with Crippen molar-refractivity contribution in [2.75, 3.05) is 23.3 Å². The first kappa shape index (κ1) is 16.4. The van der Waals surface area contributed by atoms with E-state index < -0.39 is 0 Å². The Morgan fingerprint density at radius 3 is 2.46 bits per heavy atom. The van der Waals surface area contributed by atoms with Crippen molar-refractivity contribution in [2.24, 2.45) is 14.1 Å². The predicted molar refractivity (Wildman–Crippen MR) is 102 cm³/mol. The van der Waals surface area contributed by atoms with Crippen molar-refractivity contribution in [3.8, 4) is 0 Å². The normalized spacial score (nSPS) is 14.2. The van der Waals surface area contributed by atoms with Crippen LogP contribution < -0.4 is 15.9 Å². The van der Waals surface area contributed by atoms with E-state index in [0.29, 0.717) is 5.56 Å². The van der Waals surface area contributed by atoms with Gasteiger partial charge in [0.2, 0.25) is 0 Å². The lowest BCUT2D eigenvalue weighted by Crippen LogP contribution is -2.21. The van der Waals surface area contributed by atoms with E-state index in [9.17, 15) is 9.59 Å². The van der Waals surface area contributed by atoms with Crippen molar-refractivity contribution in [2.45, 2.75) is 12.8 Å². The summed E-state index contributed by atoms with van der Waals surface area (Å²) in [6.45, 7) is 1.89. The Hall–Kier alpha value is -3.09. The Kier molecular flexibility index (Phi) is 3.99. The van der Waals surface area contributed by atoms with Crippen molar-refractivity contribution in [3.05, 3.63) is 52.7 Å². The molecule has 1 aliphatic rings. The number of aromatic nitrogens is 3. The van der Waals surface area contributed by atoms with Crippen LogP contribution in [0.15, 0.2) is 41.5 Å². The third-order valence-corrected chi connectivity index (χ3v) is 5.01. The number of nitrogens with zero attached hydrogens (tertiary/aromatic N) is 4. The smallest absolute Gasteiger partial charge is 0.328 e. The number of anilines is 2. The van der Waals surface area contributed by atoms with Crippen molar-refractivity contribution in [1.29, 1.82) is 0 Å². The molecule has 4 rings (SSSR count). The van der Waals surface area contributed by atoms with Crippen LogP contribution in [0, 0.1) is 0 Å². The third-order valence-electron chi connectivity index (χ3n) is 5.01. The van der Waals surface area contributed by atoms with Gasteiger partial charge in [-0.25, -0.2) is 4.79 Å². The minimum Gasteiger partial charge on any atom is -0.370 e. The zero-order valence-electron chi connectivity index (χ0n) is 14.9. The first-order chi connectivity index (χ1) is 12.6. The summed E-state index contributed by atoms with van der Waals surface area (Å²) in [6.07, 6.45) is 5.43. The molecular weight excluding hydrogens is 330 g/mol. The fourth-order valence-corrected chi connectivity index (χ4v) is 3.55. The fourth-order valence-electron chi connectivity index (χ4n) is 3.55. The molecule has 0 spiro atoms. The summed E-state index contributed by atoms with van der Waals surface area (Å²) in [4.78, 5) is 31.2. The van der Waals surface area contributed by atoms with Crippen molar-refractivity contribution >= 4 is 28.3 Å². The van der Waals surface area contributed by atoms with Gasteiger partial charge in [0.25, 0.3) is 5.91 Å². The monoisotopic (exact) mass is 351 g/mol. The van der Waals surface area contributed by atoms with Gasteiger partial charge in [-0.1, -0.05) is 0 Å². The maximum Gasteiger partial charge on any atom is 0.328 e. The van der Waals surface area contributed by atoms with Crippen molar-refractivity contribution < 1.29 is 4.79 Å². The molecule has 3 heterocycles. The van der Waals surface area contributed by atoms with Crippen LogP contribution in [0.3, 0.4) is 0 Å². The van der Waals surface area contributed by atoms with Gasteiger partial charge in [-0.05, 0) is 37.1 Å². The summed E-state index contributed by atoms with van der Waals surface area (Å²) in [5.74, 6) is -0.209. The van der Waals surface area contributed by atoms with Crippen LogP contribution in [-0.2, 0) is 14.1 Å².